The van der Waals surface area contributed by atoms with Crippen LogP contribution in [-0.4, -0.2) is 108 Å². The number of carbonyl (C=O) groups is 2. The first kappa shape index (κ1) is 35.8. The molecular weight excluding hydrogens is 662 g/mol. The van der Waals surface area contributed by atoms with E-state index in [1.807, 2.05) is 12.1 Å². The van der Waals surface area contributed by atoms with Crippen LogP contribution in [-0.2, 0) is 23.7 Å². The molecule has 2 aromatic rings. The van der Waals surface area contributed by atoms with Crippen LogP contribution in [0.1, 0.15) is 80.4 Å². The second-order valence-electron chi connectivity index (χ2n) is 16.5. The third-order valence-corrected chi connectivity index (χ3v) is 14.5. The highest BCUT2D eigenvalue weighted by molar-refractivity contribution is 6.06. The Morgan fingerprint density at radius 3 is 2.58 bits per heavy atom. The van der Waals surface area contributed by atoms with E-state index in [0.29, 0.717) is 62.5 Å². The Labute approximate surface area is 306 Å². The third kappa shape index (κ3) is 4.68. The molecule has 0 radical (unpaired) electrons. The van der Waals surface area contributed by atoms with Crippen molar-refractivity contribution in [3.05, 3.63) is 65.5 Å². The van der Waals surface area contributed by atoms with Crippen molar-refractivity contribution < 1.29 is 38.7 Å². The number of methoxy groups -OCH3 is 3. The molecule has 5 aliphatic carbocycles. The van der Waals surface area contributed by atoms with Gasteiger partial charge in [-0.2, -0.15) is 0 Å². The summed E-state index contributed by atoms with van der Waals surface area (Å²) in [7, 11) is 5.06. The summed E-state index contributed by atoms with van der Waals surface area (Å²) in [5.41, 5.74) is -2.03. The molecule has 52 heavy (non-hydrogen) atoms. The molecule has 1 saturated heterocycles. The lowest BCUT2D eigenvalue weighted by atomic mass is 9.44. The van der Waals surface area contributed by atoms with Gasteiger partial charge in [-0.05, 0) is 74.1 Å². The number of nitrogens with zero attached hydrogens (tertiary/aromatic N) is 2. The number of nitrogens with one attached hydrogen (secondary N) is 1. The van der Waals surface area contributed by atoms with E-state index < -0.39 is 34.3 Å². The van der Waals surface area contributed by atoms with Crippen LogP contribution in [0.15, 0.2) is 48.7 Å². The maximum atomic E-state index is 14.5. The Balaban J connectivity index is 1.13. The van der Waals surface area contributed by atoms with Gasteiger partial charge in [0.2, 0.25) is 5.91 Å². The maximum Gasteiger partial charge on any atom is 0.340 e. The number of fused-ring (bicyclic) bond motifs is 2. The molecule has 1 aromatic heterocycles. The summed E-state index contributed by atoms with van der Waals surface area (Å²) in [5.74, 6) is -1.49. The van der Waals surface area contributed by atoms with Crippen molar-refractivity contribution in [3.8, 4) is 0 Å². The van der Waals surface area contributed by atoms with Crippen LogP contribution in [0, 0.1) is 29.1 Å². The molecular formula is C41H53N3O8. The normalized spacial score (nSPS) is 41.4. The van der Waals surface area contributed by atoms with Crippen molar-refractivity contribution in [2.75, 3.05) is 39.7 Å². The largest absolute Gasteiger partial charge is 0.454 e. The van der Waals surface area contributed by atoms with Crippen molar-refractivity contribution in [1.82, 2.24) is 9.88 Å². The smallest absolute Gasteiger partial charge is 0.340 e. The van der Waals surface area contributed by atoms with Crippen molar-refractivity contribution >= 4 is 23.6 Å². The molecule has 8 rings (SSSR count). The maximum absolute atomic E-state index is 14.5. The SMILES string of the molecule is CCN1C[C@]2(OC(=O)c3ccccc3NC(=O)/C=C/c3cc(C(C)C)ccn3)CC[C@H](OC)[C@]34C1[C@@H](C[C@H]23)[C@@]1(O)C[C@H](OC)[C@H]2C[C@@H]4[C@]1(O)[C@H]2OC. The highest BCUT2D eigenvalue weighted by Gasteiger charge is 2.89. The molecule has 7 bridgehead atoms. The van der Waals surface area contributed by atoms with Crippen LogP contribution in [0.2, 0.25) is 0 Å². The monoisotopic (exact) mass is 715 g/mol. The van der Waals surface area contributed by atoms with Crippen molar-refractivity contribution in [3.63, 3.8) is 0 Å². The number of benzene rings is 1. The lowest BCUT2D eigenvalue weighted by Crippen LogP contribution is -2.83. The van der Waals surface area contributed by atoms with Gasteiger partial charge in [-0.15, -0.1) is 0 Å². The van der Waals surface area contributed by atoms with Crippen molar-refractivity contribution in [1.29, 1.82) is 0 Å². The topological polar surface area (TPSA) is 140 Å². The molecule has 1 spiro atoms. The van der Waals surface area contributed by atoms with Gasteiger partial charge in [-0.3, -0.25) is 14.7 Å². The highest BCUT2D eigenvalue weighted by Crippen LogP contribution is 2.79. The Kier molecular flexibility index (Phi) is 8.75. The molecule has 1 unspecified atom stereocenters. The van der Waals surface area contributed by atoms with E-state index in [1.54, 1.807) is 57.9 Å². The minimum absolute atomic E-state index is 0.0733. The Morgan fingerprint density at radius 1 is 1.08 bits per heavy atom. The quantitative estimate of drug-likeness (QED) is 0.239. The number of esters is 1. The molecule has 1 aromatic carbocycles. The van der Waals surface area contributed by atoms with Crippen LogP contribution in [0.3, 0.4) is 0 Å². The van der Waals surface area contributed by atoms with Gasteiger partial charge in [-0.1, -0.05) is 32.9 Å². The fraction of sp³-hybridized carbons (Fsp3) is 0.634. The zero-order valence-corrected chi connectivity index (χ0v) is 31.1. The van der Waals surface area contributed by atoms with Crippen LogP contribution < -0.4 is 5.32 Å². The van der Waals surface area contributed by atoms with Gasteiger partial charge in [-0.25, -0.2) is 4.79 Å². The summed E-state index contributed by atoms with van der Waals surface area (Å²) in [5, 5.41) is 28.9. The van der Waals surface area contributed by atoms with E-state index in [4.69, 9.17) is 18.9 Å². The third-order valence-electron chi connectivity index (χ3n) is 14.5. The van der Waals surface area contributed by atoms with E-state index in [1.165, 1.54) is 6.08 Å². The van der Waals surface area contributed by atoms with E-state index in [0.717, 1.165) is 5.56 Å². The summed E-state index contributed by atoms with van der Waals surface area (Å²) in [6, 6.07) is 10.8. The molecule has 1 aliphatic heterocycles. The number of hydrogen-bond donors (Lipinski definition) is 3. The summed E-state index contributed by atoms with van der Waals surface area (Å²) in [4.78, 5) is 34.4. The number of hydrogen-bond acceptors (Lipinski definition) is 10. The average Bonchev–Trinajstić information content (AvgIpc) is 3.57. The standard InChI is InChI=1S/C41H53N3O8/c1-7-44-22-38(52-37(46)26-10-8-9-11-29(26)43-34(45)13-12-25-18-24(23(2)3)15-17-42-25)16-14-33(50-5)40-31(38)20-28(35(40)44)39(47)21-30(49-4)27-19-32(40)41(39,48)36(27)51-6/h8-13,15,17-18,23,27-28,30-33,35-36,47-48H,7,14,16,19-22H2,1-6H3,(H,43,45)/b13-12+/t27-,28-,30+,31-,32+,33+,35?,36+,38-,39+,40+,41+/m1/s1. The Bertz CT molecular complexity index is 1770. The van der Waals surface area contributed by atoms with E-state index >= 15 is 0 Å². The number of likely N-dealkylation sites (tertiary alicyclic amines) is 1. The van der Waals surface area contributed by atoms with Gasteiger partial charge < -0.3 is 34.5 Å². The number of aromatic nitrogens is 1. The number of anilines is 1. The molecule has 280 valence electrons. The number of ether oxygens (including phenoxy) is 4. The first-order valence-electron chi connectivity index (χ1n) is 19.0. The molecule has 11 heteroatoms. The number of likely N-dealkylation sites (N-methyl/N-ethyl adjacent to an activating group) is 1. The minimum Gasteiger partial charge on any atom is -0.454 e. The predicted octanol–water partition coefficient (Wildman–Crippen LogP) is 4.43. The lowest BCUT2D eigenvalue weighted by Gasteiger charge is -2.70. The summed E-state index contributed by atoms with van der Waals surface area (Å²) >= 11 is 0. The highest BCUT2D eigenvalue weighted by atomic mass is 16.6. The number of pyridine rings is 1. The molecule has 5 saturated carbocycles. The van der Waals surface area contributed by atoms with Crippen molar-refractivity contribution in [2.24, 2.45) is 29.1 Å². The van der Waals surface area contributed by atoms with Crippen LogP contribution >= 0.6 is 0 Å². The molecule has 11 nitrogen and oxygen atoms in total. The van der Waals surface area contributed by atoms with Crippen LogP contribution in [0.25, 0.3) is 6.08 Å². The van der Waals surface area contributed by atoms with Crippen LogP contribution in [0.5, 0.6) is 0 Å². The van der Waals surface area contributed by atoms with Gasteiger partial charge >= 0.3 is 5.97 Å². The van der Waals surface area contributed by atoms with E-state index in [2.05, 4.69) is 36.0 Å². The van der Waals surface area contributed by atoms with Gasteiger partial charge in [0.1, 0.15) is 16.8 Å². The Hall–Kier alpha value is -3.19. The predicted molar refractivity (Wildman–Crippen MR) is 193 cm³/mol. The Morgan fingerprint density at radius 2 is 1.87 bits per heavy atom. The lowest BCUT2D eigenvalue weighted by molar-refractivity contribution is -0.337. The summed E-state index contributed by atoms with van der Waals surface area (Å²) in [6.45, 7) is 7.53. The number of carbonyl (C=O) groups excluding carboxylic acids is 2. The second-order valence-corrected chi connectivity index (χ2v) is 16.5. The molecule has 1 amide bonds. The summed E-state index contributed by atoms with van der Waals surface area (Å²) < 4.78 is 25.3. The number of piperidine rings is 1. The number of para-hydroxylation sites is 1. The first-order valence-corrected chi connectivity index (χ1v) is 19.0. The number of rotatable bonds is 10. The molecule has 3 N–H and O–H groups in total. The van der Waals surface area contributed by atoms with E-state index in [-0.39, 0.29) is 53.4 Å². The van der Waals surface area contributed by atoms with Gasteiger partial charge in [0.15, 0.2) is 0 Å². The first-order chi connectivity index (χ1) is 24.9. The fourth-order valence-electron chi connectivity index (χ4n) is 12.7. The zero-order valence-electron chi connectivity index (χ0n) is 31.1. The number of amides is 1. The fourth-order valence-corrected chi connectivity index (χ4v) is 12.7. The molecule has 12 atom stereocenters. The number of aliphatic hydroxyl groups is 2. The van der Waals surface area contributed by atoms with Gasteiger partial charge in [0, 0.05) is 81.7 Å². The van der Waals surface area contributed by atoms with Crippen molar-refractivity contribution in [2.45, 2.75) is 100.0 Å². The average molecular weight is 716 g/mol. The van der Waals surface area contributed by atoms with E-state index in [9.17, 15) is 19.8 Å². The zero-order chi connectivity index (χ0) is 36.8. The molecule has 6 aliphatic rings. The molecule has 6 fully saturated rings. The van der Waals surface area contributed by atoms with Crippen LogP contribution in [0.4, 0.5) is 5.69 Å². The van der Waals surface area contributed by atoms with Gasteiger partial charge in [0.05, 0.1) is 35.3 Å². The minimum atomic E-state index is -1.51. The second kappa shape index (κ2) is 12.7. The molecule has 2 heterocycles. The van der Waals surface area contributed by atoms with Gasteiger partial charge in [0.25, 0.3) is 0 Å². The summed E-state index contributed by atoms with van der Waals surface area (Å²) in [6.07, 6.45) is 6.53.